The number of hydrogen-bond donors (Lipinski definition) is 0. The van der Waals surface area contributed by atoms with Crippen molar-refractivity contribution in [3.8, 4) is 10.6 Å². The Morgan fingerprint density at radius 1 is 1.19 bits per heavy atom. The zero-order chi connectivity index (χ0) is 20.8. The number of piperidine rings is 1. The van der Waals surface area contributed by atoms with Gasteiger partial charge >= 0.3 is 0 Å². The quantitative estimate of drug-likeness (QED) is 0.619. The Balaban J connectivity index is 1.19. The molecule has 0 saturated carbocycles. The van der Waals surface area contributed by atoms with Gasteiger partial charge in [-0.3, -0.25) is 19.4 Å². The minimum absolute atomic E-state index is 0.0751. The van der Waals surface area contributed by atoms with Crippen LogP contribution in [0.1, 0.15) is 35.4 Å². The predicted octanol–water partition coefficient (Wildman–Crippen LogP) is 3.05. The minimum atomic E-state index is -0.263. The number of aryl methyl sites for hydroxylation is 1. The largest absolute Gasteiger partial charge is 0.369 e. The number of thiophene rings is 1. The van der Waals surface area contributed by atoms with Crippen LogP contribution in [-0.2, 0) is 34.5 Å². The molecule has 1 saturated heterocycles. The highest BCUT2D eigenvalue weighted by Gasteiger charge is 2.44. The van der Waals surface area contributed by atoms with Gasteiger partial charge in [0.1, 0.15) is 5.60 Å². The number of likely N-dealkylation sites (tertiary alicyclic amines) is 1. The molecule has 3 aliphatic rings. The lowest BCUT2D eigenvalue weighted by Crippen LogP contribution is -2.50. The number of ether oxygens (including phenoxy) is 1. The second-order valence-corrected chi connectivity index (χ2v) is 9.76. The molecule has 6 heterocycles. The van der Waals surface area contributed by atoms with E-state index < -0.39 is 0 Å². The summed E-state index contributed by atoms with van der Waals surface area (Å²) in [5.41, 5.74) is 3.20. The number of hydrogen-bond acceptors (Lipinski definition) is 6. The minimum Gasteiger partial charge on any atom is -0.369 e. The van der Waals surface area contributed by atoms with E-state index in [0.717, 1.165) is 68.9 Å². The number of nitrogens with zero attached hydrogens (tertiary/aromatic N) is 5. The molecule has 3 aromatic rings. The molecule has 8 heteroatoms. The van der Waals surface area contributed by atoms with Crippen molar-refractivity contribution >= 4 is 17.2 Å². The van der Waals surface area contributed by atoms with E-state index in [9.17, 15) is 4.79 Å². The fourth-order valence-electron chi connectivity index (χ4n) is 5.27. The average Bonchev–Trinajstić information content (AvgIpc) is 3.47. The number of amides is 1. The summed E-state index contributed by atoms with van der Waals surface area (Å²) in [5, 5.41) is 4.33. The lowest BCUT2D eigenvalue weighted by Gasteiger charge is -2.44. The molecule has 1 unspecified atom stereocenters. The Kier molecular flexibility index (Phi) is 4.65. The molecule has 31 heavy (non-hydrogen) atoms. The van der Waals surface area contributed by atoms with Crippen LogP contribution in [0.3, 0.4) is 0 Å². The molecule has 1 amide bonds. The molecular formula is C23H25N5O2S. The number of aromatic nitrogens is 4. The second-order valence-electron chi connectivity index (χ2n) is 8.71. The molecule has 6 rings (SSSR count). The fourth-order valence-corrected chi connectivity index (χ4v) is 6.64. The number of fused-ring (bicyclic) bond motifs is 3. The number of rotatable bonds is 2. The zero-order valence-corrected chi connectivity index (χ0v) is 18.2. The van der Waals surface area contributed by atoms with Gasteiger partial charge < -0.3 is 9.64 Å². The van der Waals surface area contributed by atoms with E-state index in [1.165, 1.54) is 16.1 Å². The summed E-state index contributed by atoms with van der Waals surface area (Å²) in [5.74, 6) is 0.371. The number of carbonyl (C=O) groups excluding carboxylic acids is 1. The molecule has 7 nitrogen and oxygen atoms in total. The van der Waals surface area contributed by atoms with E-state index in [1.807, 2.05) is 23.1 Å². The van der Waals surface area contributed by atoms with Gasteiger partial charge in [-0.2, -0.15) is 5.10 Å². The fraction of sp³-hybridized carbons (Fsp3) is 0.478. The van der Waals surface area contributed by atoms with Crippen molar-refractivity contribution in [2.24, 2.45) is 5.92 Å². The Morgan fingerprint density at radius 3 is 2.94 bits per heavy atom. The molecule has 0 bridgehead atoms. The second kappa shape index (κ2) is 7.53. The van der Waals surface area contributed by atoms with Gasteiger partial charge in [-0.05, 0) is 43.4 Å². The van der Waals surface area contributed by atoms with Gasteiger partial charge in [0.25, 0.3) is 0 Å². The van der Waals surface area contributed by atoms with Gasteiger partial charge in [-0.15, -0.1) is 11.3 Å². The molecule has 160 valence electrons. The Labute approximate surface area is 185 Å². The first-order valence-electron chi connectivity index (χ1n) is 11.0. The molecule has 3 aromatic heterocycles. The molecule has 1 spiro atoms. The maximum atomic E-state index is 13.2. The summed E-state index contributed by atoms with van der Waals surface area (Å²) >= 11 is 1.78. The highest BCUT2D eigenvalue weighted by Crippen LogP contribution is 2.47. The summed E-state index contributed by atoms with van der Waals surface area (Å²) in [6, 6.07) is 4.30. The van der Waals surface area contributed by atoms with Gasteiger partial charge in [0.05, 0.1) is 23.4 Å². The monoisotopic (exact) mass is 435 g/mol. The van der Waals surface area contributed by atoms with E-state index in [0.29, 0.717) is 5.91 Å². The summed E-state index contributed by atoms with van der Waals surface area (Å²) in [6.45, 7) is 3.09. The molecule has 0 aliphatic carbocycles. The van der Waals surface area contributed by atoms with E-state index in [4.69, 9.17) is 4.74 Å². The molecule has 1 atom stereocenters. The van der Waals surface area contributed by atoms with Crippen LogP contribution < -0.4 is 0 Å². The normalized spacial score (nSPS) is 22.2. The van der Waals surface area contributed by atoms with E-state index in [-0.39, 0.29) is 11.5 Å². The van der Waals surface area contributed by atoms with Crippen LogP contribution >= 0.6 is 11.3 Å². The zero-order valence-electron chi connectivity index (χ0n) is 17.4. The smallest absolute Gasteiger partial charge is 0.226 e. The third kappa shape index (κ3) is 3.29. The lowest BCUT2D eigenvalue weighted by atomic mass is 9.84. The van der Waals surface area contributed by atoms with E-state index in [1.54, 1.807) is 23.7 Å². The van der Waals surface area contributed by atoms with Crippen LogP contribution in [0.4, 0.5) is 0 Å². The van der Waals surface area contributed by atoms with E-state index in [2.05, 4.69) is 26.0 Å². The van der Waals surface area contributed by atoms with Crippen LogP contribution in [0, 0.1) is 5.92 Å². The van der Waals surface area contributed by atoms with Crippen LogP contribution in [0.2, 0.25) is 0 Å². The topological polar surface area (TPSA) is 73.1 Å². The van der Waals surface area contributed by atoms with Crippen molar-refractivity contribution in [1.82, 2.24) is 24.6 Å². The van der Waals surface area contributed by atoms with Crippen molar-refractivity contribution < 1.29 is 9.53 Å². The maximum Gasteiger partial charge on any atom is 0.226 e. The summed E-state index contributed by atoms with van der Waals surface area (Å²) in [6.07, 6.45) is 11.4. The van der Waals surface area contributed by atoms with Crippen LogP contribution in [-0.4, -0.2) is 50.3 Å². The Bertz CT molecular complexity index is 1100. The summed E-state index contributed by atoms with van der Waals surface area (Å²) in [7, 11) is 0. The van der Waals surface area contributed by atoms with E-state index >= 15 is 0 Å². The van der Waals surface area contributed by atoms with Crippen molar-refractivity contribution in [2.45, 2.75) is 44.2 Å². The lowest BCUT2D eigenvalue weighted by molar-refractivity contribution is -0.145. The SMILES string of the molecule is O=C(C1CCn2nccc2C1)N1CCC2(CC1)OCCc1cc(-c3cnccn3)sc12. The highest BCUT2D eigenvalue weighted by molar-refractivity contribution is 7.15. The molecule has 3 aliphatic heterocycles. The van der Waals surface area contributed by atoms with Gasteiger partial charge in [-0.1, -0.05) is 0 Å². The number of carbonyl (C=O) groups is 1. The average molecular weight is 436 g/mol. The first kappa shape index (κ1) is 19.1. The third-order valence-electron chi connectivity index (χ3n) is 6.97. The van der Waals surface area contributed by atoms with Crippen molar-refractivity contribution in [2.75, 3.05) is 19.7 Å². The van der Waals surface area contributed by atoms with Crippen LogP contribution in [0.5, 0.6) is 0 Å². The first-order valence-corrected chi connectivity index (χ1v) is 11.9. The standard InChI is InChI=1S/C23H25N5O2S/c29-22(17-2-9-28-18(13-17)1-6-26-28)27-10-4-23(5-11-27)21-16(3-12-30-23)14-20(31-21)19-15-24-7-8-25-19/h1,6-8,14-15,17H,2-5,9-13H2. The Morgan fingerprint density at radius 2 is 2.10 bits per heavy atom. The van der Waals surface area contributed by atoms with Gasteiger partial charge in [0, 0.05) is 61.1 Å². The summed E-state index contributed by atoms with van der Waals surface area (Å²) in [4.78, 5) is 26.5. The molecule has 0 N–H and O–H groups in total. The molecule has 1 fully saturated rings. The first-order chi connectivity index (χ1) is 15.2. The van der Waals surface area contributed by atoms with Gasteiger partial charge in [0.2, 0.25) is 5.91 Å². The Hall–Kier alpha value is -2.58. The van der Waals surface area contributed by atoms with Crippen LogP contribution in [0.25, 0.3) is 10.6 Å². The van der Waals surface area contributed by atoms with Gasteiger partial charge in [0.15, 0.2) is 0 Å². The highest BCUT2D eigenvalue weighted by atomic mass is 32.1. The summed E-state index contributed by atoms with van der Waals surface area (Å²) < 4.78 is 8.44. The predicted molar refractivity (Wildman–Crippen MR) is 117 cm³/mol. The van der Waals surface area contributed by atoms with Crippen LogP contribution in [0.15, 0.2) is 36.9 Å². The van der Waals surface area contributed by atoms with Gasteiger partial charge in [-0.25, -0.2) is 0 Å². The van der Waals surface area contributed by atoms with Crippen molar-refractivity contribution in [1.29, 1.82) is 0 Å². The maximum absolute atomic E-state index is 13.2. The van der Waals surface area contributed by atoms with Crippen molar-refractivity contribution in [3.05, 3.63) is 53.1 Å². The molecule has 0 radical (unpaired) electrons. The van der Waals surface area contributed by atoms with Crippen molar-refractivity contribution in [3.63, 3.8) is 0 Å². The molecular weight excluding hydrogens is 410 g/mol. The third-order valence-corrected chi connectivity index (χ3v) is 8.35. The molecule has 0 aromatic carbocycles.